The van der Waals surface area contributed by atoms with E-state index in [9.17, 15) is 29.7 Å². The van der Waals surface area contributed by atoms with Crippen molar-refractivity contribution < 1.29 is 38.9 Å². The number of carbonyl (C=O) groups excluding carboxylic acids is 2. The quantitative estimate of drug-likeness (QED) is 0.229. The number of nitrogens with two attached hydrogens (primary N) is 1. The van der Waals surface area contributed by atoms with Gasteiger partial charge >= 0.3 is 5.97 Å². The first kappa shape index (κ1) is 32.3. The minimum atomic E-state index is -1.35. The van der Waals surface area contributed by atoms with Crippen molar-refractivity contribution in [1.29, 1.82) is 0 Å². The molecule has 0 spiro atoms. The summed E-state index contributed by atoms with van der Waals surface area (Å²) in [5, 5.41) is 32.4. The van der Waals surface area contributed by atoms with Crippen LogP contribution in [0.5, 0.6) is 5.75 Å². The Kier molecular flexibility index (Phi) is 8.31. The number of carboxylic acid groups (broad SMARTS) is 1. The van der Waals surface area contributed by atoms with E-state index in [2.05, 4.69) is 9.88 Å². The number of Topliss-reactive ketones (excluding diaryl/α,β-unsaturated/α-hetero) is 1. The molecule has 3 aromatic rings. The Morgan fingerprint density at radius 3 is 2.59 bits per heavy atom. The second-order valence-electron chi connectivity index (χ2n) is 14.7. The lowest BCUT2D eigenvalue weighted by atomic mass is 9.63. The number of hydrogen-bond donors (Lipinski definition) is 5. The topological polar surface area (TPSA) is 179 Å². The van der Waals surface area contributed by atoms with Crippen LogP contribution in [0, 0.1) is 11.3 Å². The van der Waals surface area contributed by atoms with Crippen molar-refractivity contribution in [2.24, 2.45) is 17.1 Å². The molecule has 1 saturated carbocycles. The fraction of sp³-hybridized carbons (Fsp3) is 0.571. The van der Waals surface area contributed by atoms with Gasteiger partial charge in [0.15, 0.2) is 5.78 Å². The molecule has 0 bridgehead atoms. The SMILES string of the molecule is C[C@H]1CN(CCC2(O)CCC(C(N)=O)(c3c(C(=O)O)[nH]c4cccc(OCc5coc6c5C(=O)CC(C)(C)C6)c34)CC2)CC[C@@H]1O. The number of amides is 1. The number of piperidine rings is 1. The normalized spacial score (nSPS) is 28.2. The zero-order chi connectivity index (χ0) is 33.0. The molecule has 3 aliphatic rings. The Morgan fingerprint density at radius 1 is 1.17 bits per heavy atom. The molecule has 46 heavy (non-hydrogen) atoms. The molecule has 11 heteroatoms. The van der Waals surface area contributed by atoms with Gasteiger partial charge in [0.1, 0.15) is 23.8 Å². The third-order valence-corrected chi connectivity index (χ3v) is 10.7. The highest BCUT2D eigenvalue weighted by atomic mass is 16.5. The monoisotopic (exact) mass is 635 g/mol. The number of H-pyrrole nitrogens is 1. The molecule has 2 fully saturated rings. The van der Waals surface area contributed by atoms with E-state index >= 15 is 0 Å². The van der Waals surface area contributed by atoms with E-state index in [4.69, 9.17) is 14.9 Å². The highest BCUT2D eigenvalue weighted by molar-refractivity contribution is 6.05. The molecule has 0 radical (unpaired) electrons. The summed E-state index contributed by atoms with van der Waals surface area (Å²) in [6.45, 7) is 8.30. The van der Waals surface area contributed by atoms with Gasteiger partial charge in [0, 0.05) is 49.0 Å². The highest BCUT2D eigenvalue weighted by Crippen LogP contribution is 2.49. The number of nitrogens with one attached hydrogen (secondary N) is 1. The van der Waals surface area contributed by atoms with E-state index in [-0.39, 0.29) is 66.8 Å². The second kappa shape index (κ2) is 11.8. The van der Waals surface area contributed by atoms with Gasteiger partial charge in [-0.15, -0.1) is 0 Å². The number of benzene rings is 1. The Bertz CT molecular complexity index is 1660. The molecule has 1 aliphatic heterocycles. The lowest BCUT2D eigenvalue weighted by Gasteiger charge is -2.44. The predicted octanol–water partition coefficient (Wildman–Crippen LogP) is 4.31. The second-order valence-corrected chi connectivity index (χ2v) is 14.7. The highest BCUT2D eigenvalue weighted by Gasteiger charge is 2.50. The minimum Gasteiger partial charge on any atom is -0.488 e. The number of furan rings is 1. The van der Waals surface area contributed by atoms with Crippen LogP contribution >= 0.6 is 0 Å². The first-order valence-electron chi connectivity index (χ1n) is 16.3. The number of carbonyl (C=O) groups is 3. The third-order valence-electron chi connectivity index (χ3n) is 10.7. The fourth-order valence-electron chi connectivity index (χ4n) is 7.96. The van der Waals surface area contributed by atoms with Crippen molar-refractivity contribution in [3.8, 4) is 5.75 Å². The van der Waals surface area contributed by atoms with E-state index in [1.54, 1.807) is 24.5 Å². The van der Waals surface area contributed by atoms with Crippen LogP contribution in [0.4, 0.5) is 0 Å². The van der Waals surface area contributed by atoms with Crippen molar-refractivity contribution in [2.75, 3.05) is 19.6 Å². The summed E-state index contributed by atoms with van der Waals surface area (Å²) in [6, 6.07) is 5.18. The largest absolute Gasteiger partial charge is 0.488 e. The first-order chi connectivity index (χ1) is 21.7. The molecular formula is C35H45N3O8. The van der Waals surface area contributed by atoms with Crippen molar-refractivity contribution in [3.05, 3.63) is 52.6 Å². The van der Waals surface area contributed by atoms with Crippen LogP contribution in [0.15, 0.2) is 28.9 Å². The molecule has 1 amide bonds. The maximum Gasteiger partial charge on any atom is 0.352 e. The van der Waals surface area contributed by atoms with Gasteiger partial charge in [-0.05, 0) is 62.0 Å². The molecule has 1 aromatic carbocycles. The van der Waals surface area contributed by atoms with Crippen molar-refractivity contribution in [3.63, 3.8) is 0 Å². The van der Waals surface area contributed by atoms with Gasteiger partial charge in [-0.25, -0.2) is 4.79 Å². The summed E-state index contributed by atoms with van der Waals surface area (Å²) in [5.74, 6) is -0.708. The number of ketones is 1. The number of rotatable bonds is 9. The average molecular weight is 636 g/mol. The molecule has 6 N–H and O–H groups in total. The maximum atomic E-state index is 13.4. The van der Waals surface area contributed by atoms with Crippen molar-refractivity contribution in [1.82, 2.24) is 9.88 Å². The average Bonchev–Trinajstić information content (AvgIpc) is 3.59. The molecule has 11 nitrogen and oxygen atoms in total. The standard InChI is InChI=1S/C35H45N3O8/c1-20-17-38(13-7-23(20)39)14-12-34(44)8-10-35(11-9-34,32(36)43)29-28-22(37-30(29)31(41)42)5-4-6-25(28)45-18-21-19-46-26-16-33(2,3)15-24(40)27(21)26/h4-6,19-20,23,37,39,44H,7-18H2,1-3H3,(H2,36,43)(H,41,42)/t20-,23-,34?,35?/m0/s1. The number of carboxylic acids is 1. The lowest BCUT2D eigenvalue weighted by Crippen LogP contribution is -2.50. The lowest BCUT2D eigenvalue weighted by molar-refractivity contribution is -0.127. The van der Waals surface area contributed by atoms with Crippen LogP contribution in [0.3, 0.4) is 0 Å². The molecule has 0 unspecified atom stereocenters. The van der Waals surface area contributed by atoms with Crippen molar-refractivity contribution in [2.45, 2.75) is 95.9 Å². The van der Waals surface area contributed by atoms with Crippen LogP contribution in [0.2, 0.25) is 0 Å². The molecule has 2 aromatic heterocycles. The number of hydrogen-bond acceptors (Lipinski definition) is 8. The molecular weight excluding hydrogens is 590 g/mol. The van der Waals surface area contributed by atoms with Crippen LogP contribution in [0.25, 0.3) is 10.9 Å². The van der Waals surface area contributed by atoms with Crippen LogP contribution in [-0.4, -0.2) is 74.2 Å². The number of aromatic amines is 1. The molecule has 2 aliphatic carbocycles. The zero-order valence-corrected chi connectivity index (χ0v) is 26.9. The Morgan fingerprint density at radius 2 is 1.91 bits per heavy atom. The van der Waals surface area contributed by atoms with Crippen molar-refractivity contribution >= 4 is 28.6 Å². The number of aliphatic hydroxyl groups excluding tert-OH is 1. The van der Waals surface area contributed by atoms with E-state index in [0.717, 1.165) is 13.1 Å². The summed E-state index contributed by atoms with van der Waals surface area (Å²) < 4.78 is 12.1. The Labute approximate surface area is 268 Å². The first-order valence-corrected chi connectivity index (χ1v) is 16.3. The number of aromatic nitrogens is 1. The number of fused-ring (bicyclic) bond motifs is 2. The maximum absolute atomic E-state index is 13.4. The summed E-state index contributed by atoms with van der Waals surface area (Å²) in [7, 11) is 0. The van der Waals surface area contributed by atoms with Crippen LogP contribution in [0.1, 0.15) is 103 Å². The van der Waals surface area contributed by atoms with E-state index in [0.29, 0.717) is 65.8 Å². The predicted molar refractivity (Wildman–Crippen MR) is 170 cm³/mol. The Balaban J connectivity index is 1.28. The Hall–Kier alpha value is -3.67. The van der Waals surface area contributed by atoms with Gasteiger partial charge in [0.2, 0.25) is 5.91 Å². The van der Waals surface area contributed by atoms with Gasteiger partial charge in [0.25, 0.3) is 0 Å². The van der Waals surface area contributed by atoms with E-state index < -0.39 is 22.9 Å². The molecule has 6 rings (SSSR count). The smallest absolute Gasteiger partial charge is 0.352 e. The summed E-state index contributed by atoms with van der Waals surface area (Å²) in [6.07, 6.45) is 4.38. The summed E-state index contributed by atoms with van der Waals surface area (Å²) in [5.41, 5.74) is 5.34. The van der Waals surface area contributed by atoms with Crippen LogP contribution in [-0.2, 0) is 23.2 Å². The number of primary amides is 1. The minimum absolute atomic E-state index is 0.00192. The number of nitrogens with zero attached hydrogens (tertiary/aromatic N) is 1. The zero-order valence-electron chi connectivity index (χ0n) is 26.9. The fourth-order valence-corrected chi connectivity index (χ4v) is 7.96. The number of aromatic carboxylic acids is 1. The summed E-state index contributed by atoms with van der Waals surface area (Å²) >= 11 is 0. The number of ether oxygens (including phenoxy) is 1. The summed E-state index contributed by atoms with van der Waals surface area (Å²) in [4.78, 5) is 44.3. The molecule has 1 saturated heterocycles. The molecule has 3 heterocycles. The van der Waals surface area contributed by atoms with Gasteiger partial charge in [-0.2, -0.15) is 0 Å². The number of likely N-dealkylation sites (tertiary alicyclic amines) is 1. The van der Waals surface area contributed by atoms with Gasteiger partial charge in [-0.1, -0.05) is 26.8 Å². The van der Waals surface area contributed by atoms with Crippen LogP contribution < -0.4 is 10.5 Å². The van der Waals surface area contributed by atoms with E-state index in [1.807, 2.05) is 20.8 Å². The molecule has 248 valence electrons. The van der Waals surface area contributed by atoms with E-state index in [1.165, 1.54) is 0 Å². The van der Waals surface area contributed by atoms with Gasteiger partial charge in [0.05, 0.1) is 34.5 Å². The molecule has 2 atom stereocenters. The van der Waals surface area contributed by atoms with Gasteiger partial charge in [-0.3, -0.25) is 9.59 Å². The third kappa shape index (κ3) is 5.84. The van der Waals surface area contributed by atoms with Gasteiger partial charge < -0.3 is 40.1 Å². The number of aliphatic hydroxyl groups is 2.